The molecule has 5 aromatic carbocycles. The second-order valence-electron chi connectivity index (χ2n) is 9.81. The predicted octanol–water partition coefficient (Wildman–Crippen LogP) is 9.61. The lowest BCUT2D eigenvalue weighted by Crippen LogP contribution is -2.20. The smallest absolute Gasteiger partial charge is 0.0717 e. The van der Waals surface area contributed by atoms with Crippen molar-refractivity contribution >= 4 is 50.9 Å². The minimum atomic E-state index is 0.486. The van der Waals surface area contributed by atoms with E-state index < -0.39 is 0 Å². The van der Waals surface area contributed by atoms with Crippen LogP contribution in [0.4, 0.5) is 0 Å². The minimum Gasteiger partial charge on any atom is -0.353 e. The van der Waals surface area contributed by atoms with Crippen LogP contribution in [0.1, 0.15) is 27.1 Å². The molecule has 3 heteroatoms. The maximum absolute atomic E-state index is 9.83. The van der Waals surface area contributed by atoms with E-state index in [1.165, 1.54) is 15.6 Å². The Labute approximate surface area is 238 Å². The fraction of sp³-hybridized carbons (Fsp3) is 0. The SMILES string of the molecule is N=C(/C(=C1\NC(c2cccs2)=Cc2ccccc21)c1ccccc1)c1ccccc1-c1cccc2ccccc12. The molecule has 0 saturated carbocycles. The summed E-state index contributed by atoms with van der Waals surface area (Å²) in [4.78, 5) is 1.17. The summed E-state index contributed by atoms with van der Waals surface area (Å²) < 4.78 is 0. The zero-order valence-corrected chi connectivity index (χ0v) is 22.6. The maximum Gasteiger partial charge on any atom is 0.0717 e. The third kappa shape index (κ3) is 4.27. The first-order valence-electron chi connectivity index (χ1n) is 13.4. The number of nitrogens with one attached hydrogen (secondary N) is 2. The van der Waals surface area contributed by atoms with Crippen molar-refractivity contribution < 1.29 is 0 Å². The molecule has 0 bridgehead atoms. The third-order valence-electron chi connectivity index (χ3n) is 7.41. The molecule has 0 saturated heterocycles. The van der Waals surface area contributed by atoms with Crippen molar-refractivity contribution in [2.45, 2.75) is 0 Å². The topological polar surface area (TPSA) is 35.9 Å². The summed E-state index contributed by atoms with van der Waals surface area (Å²) in [5.41, 5.74) is 9.68. The van der Waals surface area contributed by atoms with Crippen molar-refractivity contribution in [3.05, 3.63) is 166 Å². The molecule has 1 aliphatic heterocycles. The highest BCUT2D eigenvalue weighted by Crippen LogP contribution is 2.39. The fourth-order valence-corrected chi connectivity index (χ4v) is 6.25. The van der Waals surface area contributed by atoms with Crippen LogP contribution in [-0.2, 0) is 0 Å². The van der Waals surface area contributed by atoms with E-state index in [4.69, 9.17) is 0 Å². The van der Waals surface area contributed by atoms with Gasteiger partial charge in [0.2, 0.25) is 0 Å². The van der Waals surface area contributed by atoms with E-state index in [9.17, 15) is 5.41 Å². The molecule has 0 spiro atoms. The van der Waals surface area contributed by atoms with Gasteiger partial charge in [0, 0.05) is 16.7 Å². The van der Waals surface area contributed by atoms with Crippen LogP contribution in [-0.4, -0.2) is 5.71 Å². The lowest BCUT2D eigenvalue weighted by molar-refractivity contribution is 1.23. The molecule has 2 N–H and O–H groups in total. The van der Waals surface area contributed by atoms with E-state index in [0.717, 1.165) is 50.3 Å². The lowest BCUT2D eigenvalue weighted by atomic mass is 9.85. The Hall–Kier alpha value is -4.99. The van der Waals surface area contributed by atoms with Crippen molar-refractivity contribution in [2.24, 2.45) is 0 Å². The van der Waals surface area contributed by atoms with E-state index in [1.807, 2.05) is 24.3 Å². The van der Waals surface area contributed by atoms with Gasteiger partial charge in [-0.2, -0.15) is 0 Å². The van der Waals surface area contributed by atoms with Crippen molar-refractivity contribution in [2.75, 3.05) is 0 Å². The van der Waals surface area contributed by atoms with E-state index in [-0.39, 0.29) is 0 Å². The lowest BCUT2D eigenvalue weighted by Gasteiger charge is -2.26. The molecule has 7 rings (SSSR count). The van der Waals surface area contributed by atoms with Crippen LogP contribution in [0.25, 0.3) is 44.9 Å². The molecular formula is C37H26N2S. The van der Waals surface area contributed by atoms with Gasteiger partial charge in [0.05, 0.1) is 22.0 Å². The second-order valence-corrected chi connectivity index (χ2v) is 10.8. The summed E-state index contributed by atoms with van der Waals surface area (Å²) in [5.74, 6) is 0. The van der Waals surface area contributed by atoms with Gasteiger partial charge in [-0.3, -0.25) is 5.41 Å². The summed E-state index contributed by atoms with van der Waals surface area (Å²) >= 11 is 1.71. The molecule has 0 unspecified atom stereocenters. The van der Waals surface area contributed by atoms with Gasteiger partial charge in [0.15, 0.2) is 0 Å². The Kier molecular flexibility index (Phi) is 6.19. The molecule has 2 heterocycles. The largest absolute Gasteiger partial charge is 0.353 e. The Bertz CT molecular complexity index is 1920. The molecule has 2 nitrogen and oxygen atoms in total. The minimum absolute atomic E-state index is 0.486. The zero-order valence-electron chi connectivity index (χ0n) is 21.8. The first-order valence-corrected chi connectivity index (χ1v) is 14.2. The molecule has 0 radical (unpaired) electrons. The third-order valence-corrected chi connectivity index (χ3v) is 8.32. The summed E-state index contributed by atoms with van der Waals surface area (Å²) in [6, 6.07) is 46.2. The molecule has 0 atom stereocenters. The highest BCUT2D eigenvalue weighted by molar-refractivity contribution is 7.11. The molecule has 1 aliphatic rings. The number of hydrogen-bond acceptors (Lipinski definition) is 3. The van der Waals surface area contributed by atoms with Crippen LogP contribution >= 0.6 is 11.3 Å². The Morgan fingerprint density at radius 1 is 0.600 bits per heavy atom. The monoisotopic (exact) mass is 530 g/mol. The quantitative estimate of drug-likeness (QED) is 0.214. The Morgan fingerprint density at radius 3 is 2.15 bits per heavy atom. The molecule has 0 aliphatic carbocycles. The molecule has 1 aromatic heterocycles. The van der Waals surface area contributed by atoms with E-state index in [2.05, 4.69) is 126 Å². The number of allylic oxidation sites excluding steroid dienone is 1. The number of fused-ring (bicyclic) bond motifs is 2. The Balaban J connectivity index is 1.48. The van der Waals surface area contributed by atoms with E-state index in [0.29, 0.717) is 5.71 Å². The summed E-state index contributed by atoms with van der Waals surface area (Å²) in [6.45, 7) is 0. The molecule has 0 amide bonds. The van der Waals surface area contributed by atoms with Gasteiger partial charge >= 0.3 is 0 Å². The normalized spacial score (nSPS) is 13.8. The van der Waals surface area contributed by atoms with Crippen LogP contribution < -0.4 is 5.32 Å². The molecule has 0 fully saturated rings. The van der Waals surface area contributed by atoms with Gasteiger partial charge in [0.1, 0.15) is 0 Å². The van der Waals surface area contributed by atoms with Crippen LogP contribution in [0.2, 0.25) is 0 Å². The number of rotatable bonds is 5. The molecule has 190 valence electrons. The maximum atomic E-state index is 9.83. The van der Waals surface area contributed by atoms with Crippen molar-refractivity contribution in [3.63, 3.8) is 0 Å². The zero-order chi connectivity index (χ0) is 26.9. The van der Waals surface area contributed by atoms with Crippen LogP contribution in [0.3, 0.4) is 0 Å². The standard InChI is InChI=1S/C37H26N2S/c38-36(32-20-9-8-19-31(32)30-21-10-16-25-12-4-6-17-28(25)30)35(26-13-2-1-3-14-26)37-29-18-7-5-15-27(29)24-33(39-37)34-22-11-23-40-34/h1-24,38-39H/b37-35-,38-36?. The fourth-order valence-electron chi connectivity index (χ4n) is 5.56. The molecular weight excluding hydrogens is 504 g/mol. The first kappa shape index (κ1) is 24.1. The van der Waals surface area contributed by atoms with Crippen molar-refractivity contribution in [1.82, 2.24) is 5.32 Å². The van der Waals surface area contributed by atoms with E-state index in [1.54, 1.807) is 11.3 Å². The van der Waals surface area contributed by atoms with Crippen LogP contribution in [0.5, 0.6) is 0 Å². The van der Waals surface area contributed by atoms with Crippen molar-refractivity contribution in [3.8, 4) is 11.1 Å². The average molecular weight is 531 g/mol. The first-order chi connectivity index (χ1) is 19.8. The van der Waals surface area contributed by atoms with Gasteiger partial charge in [-0.15, -0.1) is 11.3 Å². The summed E-state index contributed by atoms with van der Waals surface area (Å²) in [5, 5.41) is 18.1. The van der Waals surface area contributed by atoms with Crippen molar-refractivity contribution in [1.29, 1.82) is 5.41 Å². The van der Waals surface area contributed by atoms with Crippen LogP contribution in [0, 0.1) is 5.41 Å². The number of hydrogen-bond donors (Lipinski definition) is 2. The highest BCUT2D eigenvalue weighted by Gasteiger charge is 2.25. The van der Waals surface area contributed by atoms with Gasteiger partial charge < -0.3 is 5.32 Å². The van der Waals surface area contributed by atoms with Gasteiger partial charge in [-0.25, -0.2) is 0 Å². The van der Waals surface area contributed by atoms with Gasteiger partial charge in [0.25, 0.3) is 0 Å². The number of benzene rings is 5. The van der Waals surface area contributed by atoms with E-state index >= 15 is 0 Å². The van der Waals surface area contributed by atoms with Gasteiger partial charge in [-0.1, -0.05) is 127 Å². The average Bonchev–Trinajstić information content (AvgIpc) is 3.57. The predicted molar refractivity (Wildman–Crippen MR) is 171 cm³/mol. The molecule has 40 heavy (non-hydrogen) atoms. The highest BCUT2D eigenvalue weighted by atomic mass is 32.1. The van der Waals surface area contributed by atoms with Gasteiger partial charge in [-0.05, 0) is 50.5 Å². The molecule has 6 aromatic rings. The summed E-state index contributed by atoms with van der Waals surface area (Å²) in [6.07, 6.45) is 2.21. The number of thiophene rings is 1. The second kappa shape index (κ2) is 10.3. The Morgan fingerprint density at radius 2 is 1.30 bits per heavy atom. The van der Waals surface area contributed by atoms with Crippen LogP contribution in [0.15, 0.2) is 139 Å². The summed E-state index contributed by atoms with van der Waals surface area (Å²) in [7, 11) is 0.